The molecule has 0 saturated carbocycles. The zero-order valence-electron chi connectivity index (χ0n) is 10.4. The second kappa shape index (κ2) is 6.74. The maximum absolute atomic E-state index is 11.6. The molecule has 4 nitrogen and oxygen atoms in total. The normalized spacial score (nSPS) is 11.6. The van der Waals surface area contributed by atoms with Crippen LogP contribution in [0.4, 0.5) is 0 Å². The lowest BCUT2D eigenvalue weighted by Gasteiger charge is -2.07. The fraction of sp³-hybridized carbons (Fsp3) is 0.500. The van der Waals surface area contributed by atoms with Gasteiger partial charge >= 0.3 is 0 Å². The van der Waals surface area contributed by atoms with Crippen molar-refractivity contribution in [3.8, 4) is 0 Å². The monoisotopic (exact) mass is 256 g/mol. The van der Waals surface area contributed by atoms with Crippen LogP contribution in [0.25, 0.3) is 0 Å². The highest BCUT2D eigenvalue weighted by Gasteiger charge is 2.08. The molecule has 5 heteroatoms. The van der Waals surface area contributed by atoms with E-state index in [2.05, 4.69) is 10.0 Å². The molecule has 17 heavy (non-hydrogen) atoms. The maximum Gasteiger partial charge on any atom is 0.213 e. The first-order valence-corrected chi connectivity index (χ1v) is 7.42. The van der Waals surface area contributed by atoms with Crippen LogP contribution >= 0.6 is 0 Å². The van der Waals surface area contributed by atoms with Crippen molar-refractivity contribution in [2.24, 2.45) is 0 Å². The van der Waals surface area contributed by atoms with Crippen molar-refractivity contribution in [2.45, 2.75) is 20.4 Å². The van der Waals surface area contributed by atoms with Crippen LogP contribution in [0.15, 0.2) is 24.3 Å². The van der Waals surface area contributed by atoms with Crippen molar-refractivity contribution in [1.82, 2.24) is 10.0 Å². The van der Waals surface area contributed by atoms with Gasteiger partial charge in [-0.1, -0.05) is 36.8 Å². The lowest BCUT2D eigenvalue weighted by Crippen LogP contribution is -2.31. The molecule has 0 unspecified atom stereocenters. The quantitative estimate of drug-likeness (QED) is 0.716. The first-order chi connectivity index (χ1) is 8.03. The molecule has 0 heterocycles. The Morgan fingerprint density at radius 3 is 2.41 bits per heavy atom. The van der Waals surface area contributed by atoms with Gasteiger partial charge in [0.2, 0.25) is 10.0 Å². The summed E-state index contributed by atoms with van der Waals surface area (Å²) in [7, 11) is -3.17. The third-order valence-corrected chi connectivity index (χ3v) is 3.74. The number of aryl methyl sites for hydroxylation is 1. The summed E-state index contributed by atoms with van der Waals surface area (Å²) in [6.07, 6.45) is 0. The molecule has 0 aliphatic rings. The van der Waals surface area contributed by atoms with Crippen molar-refractivity contribution in [3.05, 3.63) is 35.4 Å². The Kier molecular flexibility index (Phi) is 5.61. The van der Waals surface area contributed by atoms with Gasteiger partial charge in [-0.25, -0.2) is 13.1 Å². The molecular weight excluding hydrogens is 236 g/mol. The minimum atomic E-state index is -3.17. The standard InChI is InChI=1S/C12H20N2O2S/c1-3-13-8-9-17(15,16)14-10-12-6-4-11(2)5-7-12/h4-7,13-14H,3,8-10H2,1-2H3. The van der Waals surface area contributed by atoms with E-state index in [4.69, 9.17) is 0 Å². The van der Waals surface area contributed by atoms with Crippen LogP contribution in [0.3, 0.4) is 0 Å². The van der Waals surface area contributed by atoms with Crippen LogP contribution in [-0.4, -0.2) is 27.3 Å². The van der Waals surface area contributed by atoms with Crippen LogP contribution in [0.5, 0.6) is 0 Å². The van der Waals surface area contributed by atoms with Gasteiger partial charge < -0.3 is 5.32 Å². The van der Waals surface area contributed by atoms with E-state index in [-0.39, 0.29) is 5.75 Å². The van der Waals surface area contributed by atoms with E-state index in [1.807, 2.05) is 38.1 Å². The summed E-state index contributed by atoms with van der Waals surface area (Å²) >= 11 is 0. The Morgan fingerprint density at radius 1 is 1.18 bits per heavy atom. The van der Waals surface area contributed by atoms with Crippen molar-refractivity contribution in [2.75, 3.05) is 18.8 Å². The van der Waals surface area contributed by atoms with Gasteiger partial charge in [-0.05, 0) is 19.0 Å². The first kappa shape index (κ1) is 14.2. The summed E-state index contributed by atoms with van der Waals surface area (Å²) < 4.78 is 25.8. The van der Waals surface area contributed by atoms with Gasteiger partial charge in [-0.15, -0.1) is 0 Å². The number of hydrogen-bond acceptors (Lipinski definition) is 3. The van der Waals surface area contributed by atoms with E-state index in [9.17, 15) is 8.42 Å². The SMILES string of the molecule is CCNCCS(=O)(=O)NCc1ccc(C)cc1. The number of rotatable bonds is 7. The van der Waals surface area contributed by atoms with Crippen LogP contribution < -0.4 is 10.0 Å². The molecule has 1 aromatic rings. The van der Waals surface area contributed by atoms with Gasteiger partial charge in [0.1, 0.15) is 0 Å². The molecule has 0 spiro atoms. The van der Waals surface area contributed by atoms with E-state index in [1.54, 1.807) is 0 Å². The molecule has 96 valence electrons. The number of hydrogen-bond donors (Lipinski definition) is 2. The largest absolute Gasteiger partial charge is 0.316 e. The third kappa shape index (κ3) is 5.81. The molecule has 1 rings (SSSR count). The molecule has 0 atom stereocenters. The summed E-state index contributed by atoms with van der Waals surface area (Å²) in [5.74, 6) is 0.118. The highest BCUT2D eigenvalue weighted by atomic mass is 32.2. The summed E-state index contributed by atoms with van der Waals surface area (Å²) in [5, 5.41) is 2.99. The highest BCUT2D eigenvalue weighted by molar-refractivity contribution is 7.89. The van der Waals surface area contributed by atoms with Crippen molar-refractivity contribution < 1.29 is 8.42 Å². The third-order valence-electron chi connectivity index (χ3n) is 2.41. The Bertz CT molecular complexity index is 426. The molecule has 2 N–H and O–H groups in total. The van der Waals surface area contributed by atoms with E-state index < -0.39 is 10.0 Å². The topological polar surface area (TPSA) is 58.2 Å². The van der Waals surface area contributed by atoms with E-state index in [0.29, 0.717) is 13.1 Å². The van der Waals surface area contributed by atoms with Crippen LogP contribution in [-0.2, 0) is 16.6 Å². The van der Waals surface area contributed by atoms with Crippen LogP contribution in [0, 0.1) is 6.92 Å². The first-order valence-electron chi connectivity index (χ1n) is 5.77. The van der Waals surface area contributed by atoms with Gasteiger partial charge in [0, 0.05) is 13.1 Å². The summed E-state index contributed by atoms with van der Waals surface area (Å²) in [4.78, 5) is 0. The lowest BCUT2D eigenvalue weighted by molar-refractivity contribution is 0.577. The number of nitrogens with one attached hydrogen (secondary N) is 2. The lowest BCUT2D eigenvalue weighted by atomic mass is 10.2. The molecular formula is C12H20N2O2S. The predicted octanol–water partition coefficient (Wildman–Crippen LogP) is 1.02. The molecule has 0 aliphatic carbocycles. The molecule has 0 saturated heterocycles. The molecule has 0 aromatic heterocycles. The number of benzene rings is 1. The van der Waals surface area contributed by atoms with Gasteiger partial charge in [-0.2, -0.15) is 0 Å². The fourth-order valence-corrected chi connectivity index (χ4v) is 2.30. The zero-order chi connectivity index (χ0) is 12.7. The van der Waals surface area contributed by atoms with E-state index in [1.165, 1.54) is 5.56 Å². The second-order valence-electron chi connectivity index (χ2n) is 3.98. The Morgan fingerprint density at radius 2 is 1.82 bits per heavy atom. The van der Waals surface area contributed by atoms with Crippen molar-refractivity contribution >= 4 is 10.0 Å². The van der Waals surface area contributed by atoms with Crippen molar-refractivity contribution in [3.63, 3.8) is 0 Å². The average Bonchev–Trinajstić information content (AvgIpc) is 2.29. The fourth-order valence-electron chi connectivity index (χ4n) is 1.35. The minimum absolute atomic E-state index is 0.118. The molecule has 0 bridgehead atoms. The Balaban J connectivity index is 2.41. The van der Waals surface area contributed by atoms with Gasteiger partial charge in [0.05, 0.1) is 5.75 Å². The van der Waals surface area contributed by atoms with Crippen molar-refractivity contribution in [1.29, 1.82) is 0 Å². The average molecular weight is 256 g/mol. The predicted molar refractivity (Wildman–Crippen MR) is 70.3 cm³/mol. The summed E-state index contributed by atoms with van der Waals surface area (Å²) in [5.41, 5.74) is 2.14. The molecule has 0 aliphatic heterocycles. The maximum atomic E-state index is 11.6. The van der Waals surface area contributed by atoms with Gasteiger partial charge in [-0.3, -0.25) is 0 Å². The van der Waals surface area contributed by atoms with Crippen LogP contribution in [0.2, 0.25) is 0 Å². The smallest absolute Gasteiger partial charge is 0.213 e. The van der Waals surface area contributed by atoms with E-state index in [0.717, 1.165) is 12.1 Å². The molecule has 0 amide bonds. The van der Waals surface area contributed by atoms with Gasteiger partial charge in [0.25, 0.3) is 0 Å². The minimum Gasteiger partial charge on any atom is -0.316 e. The number of sulfonamides is 1. The zero-order valence-corrected chi connectivity index (χ0v) is 11.2. The van der Waals surface area contributed by atoms with Gasteiger partial charge in [0.15, 0.2) is 0 Å². The molecule has 0 radical (unpaired) electrons. The summed E-state index contributed by atoms with van der Waals surface area (Å²) in [6, 6.07) is 7.81. The van der Waals surface area contributed by atoms with E-state index >= 15 is 0 Å². The molecule has 0 fully saturated rings. The summed E-state index contributed by atoms with van der Waals surface area (Å²) in [6.45, 7) is 5.58. The molecule has 1 aromatic carbocycles. The second-order valence-corrected chi connectivity index (χ2v) is 5.91. The van der Waals surface area contributed by atoms with Crippen LogP contribution in [0.1, 0.15) is 18.1 Å². The Labute approximate surface area is 103 Å². The Hall–Kier alpha value is -0.910. The highest BCUT2D eigenvalue weighted by Crippen LogP contribution is 2.03.